The van der Waals surface area contributed by atoms with Gasteiger partial charge in [-0.25, -0.2) is 0 Å². The quantitative estimate of drug-likeness (QED) is 0.317. The highest BCUT2D eigenvalue weighted by molar-refractivity contribution is 6.51. The van der Waals surface area contributed by atoms with Crippen LogP contribution in [-0.4, -0.2) is 23.9 Å². The lowest BCUT2D eigenvalue weighted by molar-refractivity contribution is -0.132. The molecule has 0 bridgehead atoms. The molecule has 1 aromatic heterocycles. The number of furan rings is 1. The van der Waals surface area contributed by atoms with E-state index in [-0.39, 0.29) is 21.9 Å². The average Bonchev–Trinajstić information content (AvgIpc) is 3.34. The fraction of sp³-hybridized carbons (Fsp3) is 0.200. The second kappa shape index (κ2) is 8.55. The molecule has 6 nitrogen and oxygen atoms in total. The minimum Gasteiger partial charge on any atom is -0.507 e. The molecule has 3 aromatic rings. The standard InChI is InChI=1S/C25H22ClNO5/c1-4-15-6-8-16(9-7-15)27-22(20-12-5-14(2)32-20)21(24(29)25(27)30)23(28)18-13-17(31-3)10-11-19(18)26/h5-13,22,28H,4H2,1-3H3/b23-21+. The number of rotatable bonds is 5. The molecule has 1 amide bonds. The van der Waals surface area contributed by atoms with Crippen molar-refractivity contribution in [1.29, 1.82) is 0 Å². The molecule has 1 aliphatic rings. The minimum atomic E-state index is -0.946. The fourth-order valence-electron chi connectivity index (χ4n) is 3.82. The van der Waals surface area contributed by atoms with Gasteiger partial charge in [-0.3, -0.25) is 14.5 Å². The summed E-state index contributed by atoms with van der Waals surface area (Å²) in [6, 6.07) is 14.6. The summed E-state index contributed by atoms with van der Waals surface area (Å²) in [6.45, 7) is 3.80. The Morgan fingerprint density at radius 2 is 1.84 bits per heavy atom. The van der Waals surface area contributed by atoms with E-state index in [2.05, 4.69) is 0 Å². The molecule has 1 fully saturated rings. The summed E-state index contributed by atoms with van der Waals surface area (Å²) in [5, 5.41) is 11.4. The molecule has 0 spiro atoms. The van der Waals surface area contributed by atoms with Gasteiger partial charge in [-0.2, -0.15) is 0 Å². The SMILES string of the molecule is CCc1ccc(N2C(=O)C(=O)/C(=C(/O)c3cc(OC)ccc3Cl)C2c2ccc(C)o2)cc1. The van der Waals surface area contributed by atoms with Crippen LogP contribution in [-0.2, 0) is 16.0 Å². The third-order valence-electron chi connectivity index (χ3n) is 5.53. The van der Waals surface area contributed by atoms with Gasteiger partial charge in [0.15, 0.2) is 0 Å². The number of carbonyl (C=O) groups excluding carboxylic acids is 2. The Balaban J connectivity index is 1.93. The predicted octanol–water partition coefficient (Wildman–Crippen LogP) is 5.44. The van der Waals surface area contributed by atoms with Crippen LogP contribution in [0, 0.1) is 6.92 Å². The van der Waals surface area contributed by atoms with Crippen molar-refractivity contribution < 1.29 is 23.8 Å². The zero-order chi connectivity index (χ0) is 23.0. The summed E-state index contributed by atoms with van der Waals surface area (Å²) in [5.41, 5.74) is 1.72. The lowest BCUT2D eigenvalue weighted by atomic mass is 9.99. The van der Waals surface area contributed by atoms with Crippen LogP contribution < -0.4 is 9.64 Å². The van der Waals surface area contributed by atoms with Crippen LogP contribution in [0.5, 0.6) is 5.75 Å². The van der Waals surface area contributed by atoms with Gasteiger partial charge in [-0.05, 0) is 61.4 Å². The van der Waals surface area contributed by atoms with Crippen LogP contribution in [0.3, 0.4) is 0 Å². The number of aliphatic hydroxyl groups is 1. The first-order chi connectivity index (χ1) is 15.3. The lowest BCUT2D eigenvalue weighted by Crippen LogP contribution is -2.29. The molecule has 164 valence electrons. The van der Waals surface area contributed by atoms with Crippen molar-refractivity contribution >= 4 is 34.7 Å². The van der Waals surface area contributed by atoms with Gasteiger partial charge in [-0.1, -0.05) is 30.7 Å². The van der Waals surface area contributed by atoms with E-state index in [4.69, 9.17) is 20.8 Å². The molecule has 2 heterocycles. The minimum absolute atomic E-state index is 0.0981. The Morgan fingerprint density at radius 1 is 1.12 bits per heavy atom. The zero-order valence-corrected chi connectivity index (χ0v) is 18.6. The van der Waals surface area contributed by atoms with Crippen LogP contribution >= 0.6 is 11.6 Å². The van der Waals surface area contributed by atoms with E-state index in [1.165, 1.54) is 18.1 Å². The van der Waals surface area contributed by atoms with Gasteiger partial charge in [0.05, 0.1) is 17.7 Å². The smallest absolute Gasteiger partial charge is 0.300 e. The van der Waals surface area contributed by atoms with E-state index in [1.54, 1.807) is 43.3 Å². The number of ether oxygens (including phenoxy) is 1. The molecule has 7 heteroatoms. The number of aryl methyl sites for hydroxylation is 2. The lowest BCUT2D eigenvalue weighted by Gasteiger charge is -2.23. The Hall–Kier alpha value is -3.51. The number of benzene rings is 2. The molecule has 0 radical (unpaired) electrons. The molecule has 1 N–H and O–H groups in total. The Kier molecular flexibility index (Phi) is 5.80. The number of hydrogen-bond donors (Lipinski definition) is 1. The average molecular weight is 452 g/mol. The summed E-state index contributed by atoms with van der Waals surface area (Å²) in [7, 11) is 1.48. The highest BCUT2D eigenvalue weighted by Gasteiger charge is 2.48. The molecule has 1 saturated heterocycles. The molecule has 2 aromatic carbocycles. The van der Waals surface area contributed by atoms with Gasteiger partial charge < -0.3 is 14.3 Å². The third-order valence-corrected chi connectivity index (χ3v) is 5.86. The maximum absolute atomic E-state index is 13.2. The Labute approximate surface area is 190 Å². The van der Waals surface area contributed by atoms with Gasteiger partial charge in [-0.15, -0.1) is 0 Å². The third kappa shape index (κ3) is 3.67. The van der Waals surface area contributed by atoms with Crippen LogP contribution in [0.2, 0.25) is 5.02 Å². The van der Waals surface area contributed by atoms with E-state index >= 15 is 0 Å². The highest BCUT2D eigenvalue weighted by atomic mass is 35.5. The zero-order valence-electron chi connectivity index (χ0n) is 17.9. The summed E-state index contributed by atoms with van der Waals surface area (Å²) in [6.07, 6.45) is 0.842. The molecule has 4 rings (SSSR count). The van der Waals surface area contributed by atoms with Crippen molar-refractivity contribution in [2.75, 3.05) is 12.0 Å². The maximum Gasteiger partial charge on any atom is 0.300 e. The molecule has 32 heavy (non-hydrogen) atoms. The number of Topliss-reactive ketones (excluding diaryl/α,β-unsaturated/α-hetero) is 1. The Morgan fingerprint density at radius 3 is 2.44 bits per heavy atom. The highest BCUT2D eigenvalue weighted by Crippen LogP contribution is 2.43. The number of ketones is 1. The van der Waals surface area contributed by atoms with E-state index in [0.29, 0.717) is 23.0 Å². The number of nitrogens with zero attached hydrogens (tertiary/aromatic N) is 1. The molecule has 1 aliphatic heterocycles. The molecular weight excluding hydrogens is 430 g/mol. The molecule has 1 atom stereocenters. The fourth-order valence-corrected chi connectivity index (χ4v) is 4.03. The van der Waals surface area contributed by atoms with E-state index in [1.807, 2.05) is 19.1 Å². The monoisotopic (exact) mass is 451 g/mol. The van der Waals surface area contributed by atoms with Crippen LogP contribution in [0.4, 0.5) is 5.69 Å². The number of carbonyl (C=O) groups is 2. The number of amides is 1. The van der Waals surface area contributed by atoms with E-state index in [9.17, 15) is 14.7 Å². The van der Waals surface area contributed by atoms with E-state index < -0.39 is 17.7 Å². The topological polar surface area (TPSA) is 80.0 Å². The largest absolute Gasteiger partial charge is 0.507 e. The first-order valence-electron chi connectivity index (χ1n) is 10.2. The maximum atomic E-state index is 13.2. The van der Waals surface area contributed by atoms with Gasteiger partial charge in [0.25, 0.3) is 11.7 Å². The van der Waals surface area contributed by atoms with Crippen molar-refractivity contribution in [3.63, 3.8) is 0 Å². The first-order valence-corrected chi connectivity index (χ1v) is 10.5. The second-order valence-electron chi connectivity index (χ2n) is 7.48. The molecule has 0 saturated carbocycles. The molecule has 1 unspecified atom stereocenters. The second-order valence-corrected chi connectivity index (χ2v) is 7.89. The van der Waals surface area contributed by atoms with Crippen molar-refractivity contribution in [3.8, 4) is 5.75 Å². The van der Waals surface area contributed by atoms with Gasteiger partial charge in [0.1, 0.15) is 29.1 Å². The van der Waals surface area contributed by atoms with Crippen LogP contribution in [0.15, 0.2) is 64.6 Å². The number of hydrogen-bond acceptors (Lipinski definition) is 5. The van der Waals surface area contributed by atoms with E-state index in [0.717, 1.165) is 12.0 Å². The van der Waals surface area contributed by atoms with Crippen LogP contribution in [0.25, 0.3) is 5.76 Å². The summed E-state index contributed by atoms with van der Waals surface area (Å²) in [4.78, 5) is 27.6. The van der Waals surface area contributed by atoms with Gasteiger partial charge >= 0.3 is 0 Å². The number of aliphatic hydroxyl groups excluding tert-OH is 1. The number of anilines is 1. The van der Waals surface area contributed by atoms with Crippen molar-refractivity contribution in [3.05, 3.63) is 87.8 Å². The van der Waals surface area contributed by atoms with Crippen molar-refractivity contribution in [2.24, 2.45) is 0 Å². The van der Waals surface area contributed by atoms with Crippen molar-refractivity contribution in [1.82, 2.24) is 0 Å². The van der Waals surface area contributed by atoms with Gasteiger partial charge in [0, 0.05) is 11.3 Å². The van der Waals surface area contributed by atoms with Crippen LogP contribution in [0.1, 0.15) is 35.6 Å². The normalized spacial score (nSPS) is 17.8. The van der Waals surface area contributed by atoms with Gasteiger partial charge in [0.2, 0.25) is 0 Å². The number of methoxy groups -OCH3 is 1. The molecular formula is C25H22ClNO5. The summed E-state index contributed by atoms with van der Waals surface area (Å²) in [5.74, 6) is -0.535. The first kappa shape index (κ1) is 21.7. The summed E-state index contributed by atoms with van der Waals surface area (Å²) >= 11 is 6.31. The number of halogens is 1. The molecule has 0 aliphatic carbocycles. The Bertz CT molecular complexity index is 1230. The van der Waals surface area contributed by atoms with Crippen molar-refractivity contribution in [2.45, 2.75) is 26.3 Å². The summed E-state index contributed by atoms with van der Waals surface area (Å²) < 4.78 is 11.0. The predicted molar refractivity (Wildman–Crippen MR) is 122 cm³/mol.